The van der Waals surface area contributed by atoms with E-state index in [2.05, 4.69) is 20.2 Å². The molecular formula is C23H20ClN5O2S. The molecular weight excluding hydrogens is 446 g/mol. The number of rotatable bonds is 9. The van der Waals surface area contributed by atoms with Gasteiger partial charge >= 0.3 is 0 Å². The Balaban J connectivity index is 1.29. The number of benzene rings is 2. The van der Waals surface area contributed by atoms with Gasteiger partial charge in [-0.05, 0) is 42.0 Å². The highest BCUT2D eigenvalue weighted by Crippen LogP contribution is 2.24. The third-order valence-electron chi connectivity index (χ3n) is 4.88. The number of thioether (sulfide) groups is 1. The molecule has 0 radical (unpaired) electrons. The molecule has 0 amide bonds. The highest BCUT2D eigenvalue weighted by atomic mass is 35.5. The van der Waals surface area contributed by atoms with Crippen LogP contribution in [-0.2, 0) is 30.2 Å². The number of halogens is 1. The van der Waals surface area contributed by atoms with Gasteiger partial charge in [0.05, 0.1) is 36.2 Å². The van der Waals surface area contributed by atoms with Crippen molar-refractivity contribution in [2.24, 2.45) is 0 Å². The third-order valence-corrected chi connectivity index (χ3v) is 6.11. The van der Waals surface area contributed by atoms with E-state index < -0.39 is 0 Å². The Kier molecular flexibility index (Phi) is 6.24. The minimum atomic E-state index is 0.335. The van der Waals surface area contributed by atoms with Gasteiger partial charge < -0.3 is 14.1 Å². The van der Waals surface area contributed by atoms with Crippen LogP contribution < -0.4 is 0 Å². The Labute approximate surface area is 193 Å². The van der Waals surface area contributed by atoms with Crippen LogP contribution >= 0.6 is 23.4 Å². The zero-order chi connectivity index (χ0) is 21.8. The van der Waals surface area contributed by atoms with Crippen LogP contribution in [0.15, 0.2) is 76.5 Å². The van der Waals surface area contributed by atoms with Crippen molar-refractivity contribution in [1.29, 1.82) is 0 Å². The minimum absolute atomic E-state index is 0.335. The van der Waals surface area contributed by atoms with Gasteiger partial charge in [-0.15, -0.1) is 10.2 Å². The first-order valence-corrected chi connectivity index (χ1v) is 11.4. The Morgan fingerprint density at radius 1 is 1.00 bits per heavy atom. The Bertz CT molecular complexity index is 1260. The molecule has 0 atom stereocenters. The molecule has 32 heavy (non-hydrogen) atoms. The molecule has 5 rings (SSSR count). The molecule has 9 heteroatoms. The normalized spacial score (nSPS) is 11.4. The van der Waals surface area contributed by atoms with E-state index >= 15 is 0 Å². The van der Waals surface area contributed by atoms with Crippen LogP contribution in [0.25, 0.3) is 11.0 Å². The molecule has 0 saturated carbocycles. The highest BCUT2D eigenvalue weighted by Gasteiger charge is 2.15. The number of H-pyrrole nitrogens is 1. The molecule has 2 aromatic carbocycles. The average Bonchev–Trinajstić information content (AvgIpc) is 3.55. The number of imidazole rings is 1. The van der Waals surface area contributed by atoms with E-state index in [1.54, 1.807) is 18.0 Å². The number of hydrogen-bond donors (Lipinski definition) is 1. The quantitative estimate of drug-likeness (QED) is 0.291. The summed E-state index contributed by atoms with van der Waals surface area (Å²) in [6.07, 6.45) is 1.66. The molecule has 0 bridgehead atoms. The van der Waals surface area contributed by atoms with Gasteiger partial charge in [-0.1, -0.05) is 47.6 Å². The van der Waals surface area contributed by atoms with Crippen molar-refractivity contribution >= 4 is 34.4 Å². The van der Waals surface area contributed by atoms with Gasteiger partial charge in [-0.2, -0.15) is 0 Å². The summed E-state index contributed by atoms with van der Waals surface area (Å²) < 4.78 is 13.5. The molecule has 0 aliphatic carbocycles. The summed E-state index contributed by atoms with van der Waals surface area (Å²) in [4.78, 5) is 7.99. The fraction of sp³-hybridized carbons (Fsp3) is 0.174. The zero-order valence-corrected chi connectivity index (χ0v) is 18.6. The molecule has 0 aliphatic rings. The Hall–Kier alpha value is -3.07. The van der Waals surface area contributed by atoms with Crippen LogP contribution in [0.2, 0.25) is 5.02 Å². The number of aromatic nitrogens is 5. The van der Waals surface area contributed by atoms with Crippen LogP contribution in [0.1, 0.15) is 23.0 Å². The second kappa shape index (κ2) is 9.60. The summed E-state index contributed by atoms with van der Waals surface area (Å²) in [6, 6.07) is 19.4. The molecule has 5 aromatic rings. The number of nitrogens with zero attached hydrogens (tertiary/aromatic N) is 4. The molecule has 0 fully saturated rings. The average molecular weight is 466 g/mol. The summed E-state index contributed by atoms with van der Waals surface area (Å²) in [7, 11) is 0. The predicted molar refractivity (Wildman–Crippen MR) is 123 cm³/mol. The summed E-state index contributed by atoms with van der Waals surface area (Å²) >= 11 is 7.52. The summed E-state index contributed by atoms with van der Waals surface area (Å²) in [5.74, 6) is 3.11. The fourth-order valence-corrected chi connectivity index (χ4v) is 4.25. The van der Waals surface area contributed by atoms with E-state index in [9.17, 15) is 0 Å². The van der Waals surface area contributed by atoms with Crippen LogP contribution in [0.3, 0.4) is 0 Å². The van der Waals surface area contributed by atoms with E-state index in [0.29, 0.717) is 30.5 Å². The van der Waals surface area contributed by atoms with Crippen LogP contribution in [0.4, 0.5) is 0 Å². The van der Waals surface area contributed by atoms with E-state index in [0.717, 1.165) is 39.2 Å². The zero-order valence-electron chi connectivity index (χ0n) is 17.1. The summed E-state index contributed by atoms with van der Waals surface area (Å²) in [5, 5.41) is 10.3. The lowest BCUT2D eigenvalue weighted by atomic mass is 10.2. The van der Waals surface area contributed by atoms with E-state index in [4.69, 9.17) is 20.8 Å². The van der Waals surface area contributed by atoms with E-state index in [1.807, 2.05) is 65.2 Å². The van der Waals surface area contributed by atoms with Crippen molar-refractivity contribution in [1.82, 2.24) is 24.7 Å². The molecule has 0 unspecified atom stereocenters. The lowest BCUT2D eigenvalue weighted by molar-refractivity contribution is 0.0988. The maximum Gasteiger partial charge on any atom is 0.192 e. The third kappa shape index (κ3) is 4.88. The second-order valence-electron chi connectivity index (χ2n) is 7.17. The molecule has 7 nitrogen and oxygen atoms in total. The fourth-order valence-electron chi connectivity index (χ4n) is 3.30. The number of aromatic amines is 1. The molecule has 3 aromatic heterocycles. The molecule has 0 spiro atoms. The van der Waals surface area contributed by atoms with Crippen molar-refractivity contribution < 1.29 is 9.15 Å². The number of fused-ring (bicyclic) bond motifs is 1. The smallest absolute Gasteiger partial charge is 0.192 e. The van der Waals surface area contributed by atoms with Crippen molar-refractivity contribution in [3.8, 4) is 0 Å². The largest absolute Gasteiger partial charge is 0.467 e. The number of furan rings is 1. The Morgan fingerprint density at radius 2 is 1.88 bits per heavy atom. The second-order valence-corrected chi connectivity index (χ2v) is 8.55. The first kappa shape index (κ1) is 20.8. The lowest BCUT2D eigenvalue weighted by Gasteiger charge is -2.09. The van der Waals surface area contributed by atoms with Crippen molar-refractivity contribution in [3.05, 3.63) is 94.9 Å². The van der Waals surface area contributed by atoms with Crippen molar-refractivity contribution in [2.75, 3.05) is 0 Å². The van der Waals surface area contributed by atoms with Crippen LogP contribution in [0, 0.1) is 0 Å². The summed E-state index contributed by atoms with van der Waals surface area (Å²) in [6.45, 7) is 1.33. The molecule has 1 N–H and O–H groups in total. The first-order valence-electron chi connectivity index (χ1n) is 10.1. The molecule has 0 saturated heterocycles. The van der Waals surface area contributed by atoms with Gasteiger partial charge in [0, 0.05) is 5.02 Å². The van der Waals surface area contributed by atoms with E-state index in [-0.39, 0.29) is 0 Å². The summed E-state index contributed by atoms with van der Waals surface area (Å²) in [5.41, 5.74) is 3.03. The number of para-hydroxylation sites is 2. The molecule has 0 aliphatic heterocycles. The van der Waals surface area contributed by atoms with Gasteiger partial charge in [0.2, 0.25) is 0 Å². The van der Waals surface area contributed by atoms with Crippen LogP contribution in [-0.4, -0.2) is 24.7 Å². The van der Waals surface area contributed by atoms with E-state index in [1.165, 1.54) is 0 Å². The Morgan fingerprint density at radius 3 is 2.69 bits per heavy atom. The maximum absolute atomic E-state index is 5.95. The van der Waals surface area contributed by atoms with Gasteiger partial charge in [0.1, 0.15) is 18.2 Å². The minimum Gasteiger partial charge on any atom is -0.467 e. The molecule has 162 valence electrons. The number of ether oxygens (including phenoxy) is 1. The lowest BCUT2D eigenvalue weighted by Crippen LogP contribution is -2.08. The first-order chi connectivity index (χ1) is 15.7. The standard InChI is InChI=1S/C23H20ClN5O2S/c24-17-9-7-16(8-10-17)13-30-14-22-27-28-23(29(22)12-18-4-3-11-31-18)32-15-21-25-19-5-1-2-6-20(19)26-21/h1-11H,12-15H2,(H,25,26). The monoisotopic (exact) mass is 465 g/mol. The predicted octanol–water partition coefficient (Wildman–Crippen LogP) is 5.46. The van der Waals surface area contributed by atoms with Crippen molar-refractivity contribution in [3.63, 3.8) is 0 Å². The van der Waals surface area contributed by atoms with Gasteiger partial charge in [-0.25, -0.2) is 4.98 Å². The van der Waals surface area contributed by atoms with Crippen LogP contribution in [0.5, 0.6) is 0 Å². The number of hydrogen-bond acceptors (Lipinski definition) is 6. The number of nitrogens with one attached hydrogen (secondary N) is 1. The maximum atomic E-state index is 5.95. The van der Waals surface area contributed by atoms with Gasteiger partial charge in [0.25, 0.3) is 0 Å². The van der Waals surface area contributed by atoms with Crippen molar-refractivity contribution in [2.45, 2.75) is 30.7 Å². The SMILES string of the molecule is Clc1ccc(COCc2nnc(SCc3nc4ccccc4[nH]3)n2Cc2ccco2)cc1. The molecule has 3 heterocycles. The van der Waals surface area contributed by atoms with Gasteiger partial charge in [-0.3, -0.25) is 4.57 Å². The highest BCUT2D eigenvalue weighted by molar-refractivity contribution is 7.98. The van der Waals surface area contributed by atoms with Gasteiger partial charge in [0.15, 0.2) is 11.0 Å². The topological polar surface area (TPSA) is 81.8 Å².